The Kier molecular flexibility index (Phi) is 7.39. The minimum Gasteiger partial charge on any atom is -0.369 e. The van der Waals surface area contributed by atoms with E-state index in [1.54, 1.807) is 0 Å². The lowest BCUT2D eigenvalue weighted by atomic mass is 10.2. The van der Waals surface area contributed by atoms with Crippen molar-refractivity contribution >= 4 is 17.3 Å². The molecule has 21 heavy (non-hydrogen) atoms. The minimum atomic E-state index is -0.00440. The van der Waals surface area contributed by atoms with Crippen molar-refractivity contribution in [3.05, 3.63) is 24.3 Å². The second-order valence-corrected chi connectivity index (χ2v) is 4.65. The standard InChI is InChI=1S/C16H20N4O/c1-2-6-16(21)19-14-7-3-8-15(13-14)20(11-4-9-17)12-5-10-18/h3,7-8,13H,2,4-6,11-12H2,1H3,(H,19,21). The molecule has 0 aliphatic carbocycles. The van der Waals surface area contributed by atoms with Crippen LogP contribution in [0.25, 0.3) is 0 Å². The molecule has 0 radical (unpaired) electrons. The maximum absolute atomic E-state index is 11.6. The molecule has 5 heteroatoms. The van der Waals surface area contributed by atoms with E-state index in [0.717, 1.165) is 17.8 Å². The SMILES string of the molecule is CCCC(=O)Nc1cccc(N(CCC#N)CCC#N)c1. The number of rotatable bonds is 8. The maximum atomic E-state index is 11.6. The predicted octanol–water partition coefficient (Wildman–Crippen LogP) is 3.06. The van der Waals surface area contributed by atoms with Gasteiger partial charge in [-0.2, -0.15) is 10.5 Å². The van der Waals surface area contributed by atoms with E-state index in [4.69, 9.17) is 10.5 Å². The zero-order valence-electron chi connectivity index (χ0n) is 12.3. The van der Waals surface area contributed by atoms with Gasteiger partial charge in [-0.05, 0) is 24.6 Å². The van der Waals surface area contributed by atoms with Crippen molar-refractivity contribution in [2.24, 2.45) is 0 Å². The lowest BCUT2D eigenvalue weighted by Crippen LogP contribution is -2.25. The molecule has 0 aliphatic heterocycles. The Hall–Kier alpha value is -2.53. The van der Waals surface area contributed by atoms with Gasteiger partial charge in [-0.1, -0.05) is 13.0 Å². The lowest BCUT2D eigenvalue weighted by molar-refractivity contribution is -0.116. The number of amides is 1. The van der Waals surface area contributed by atoms with E-state index in [1.807, 2.05) is 36.1 Å². The molecule has 0 aliphatic rings. The zero-order chi connectivity index (χ0) is 15.5. The fourth-order valence-corrected chi connectivity index (χ4v) is 1.97. The molecular weight excluding hydrogens is 264 g/mol. The number of hydrogen-bond donors (Lipinski definition) is 1. The molecule has 0 spiro atoms. The smallest absolute Gasteiger partial charge is 0.224 e. The second-order valence-electron chi connectivity index (χ2n) is 4.65. The van der Waals surface area contributed by atoms with Crippen molar-refractivity contribution in [2.45, 2.75) is 32.6 Å². The largest absolute Gasteiger partial charge is 0.369 e. The van der Waals surface area contributed by atoms with Crippen molar-refractivity contribution < 1.29 is 4.79 Å². The van der Waals surface area contributed by atoms with Crippen LogP contribution in [0, 0.1) is 22.7 Å². The van der Waals surface area contributed by atoms with E-state index in [1.165, 1.54) is 0 Å². The van der Waals surface area contributed by atoms with Crippen LogP contribution in [0.15, 0.2) is 24.3 Å². The van der Waals surface area contributed by atoms with Crippen LogP contribution in [0.3, 0.4) is 0 Å². The number of benzene rings is 1. The van der Waals surface area contributed by atoms with Crippen molar-refractivity contribution in [2.75, 3.05) is 23.3 Å². The third-order valence-electron chi connectivity index (χ3n) is 2.96. The highest BCUT2D eigenvalue weighted by atomic mass is 16.1. The summed E-state index contributed by atoms with van der Waals surface area (Å²) in [7, 11) is 0. The van der Waals surface area contributed by atoms with Gasteiger partial charge in [0.15, 0.2) is 0 Å². The van der Waals surface area contributed by atoms with Crippen LogP contribution in [0.2, 0.25) is 0 Å². The fraction of sp³-hybridized carbons (Fsp3) is 0.438. The number of nitrogens with zero attached hydrogens (tertiary/aromatic N) is 3. The van der Waals surface area contributed by atoms with Gasteiger partial charge in [0, 0.05) is 30.9 Å². The summed E-state index contributed by atoms with van der Waals surface area (Å²) in [5.41, 5.74) is 1.65. The molecule has 1 N–H and O–H groups in total. The molecule has 0 saturated heterocycles. The van der Waals surface area contributed by atoms with E-state index in [-0.39, 0.29) is 5.91 Å². The summed E-state index contributed by atoms with van der Waals surface area (Å²) in [6.45, 7) is 3.11. The van der Waals surface area contributed by atoms with Gasteiger partial charge in [0.25, 0.3) is 0 Å². The number of hydrogen-bond acceptors (Lipinski definition) is 4. The Morgan fingerprint density at radius 3 is 2.48 bits per heavy atom. The Morgan fingerprint density at radius 2 is 1.90 bits per heavy atom. The molecule has 1 amide bonds. The average Bonchev–Trinajstić information content (AvgIpc) is 2.48. The van der Waals surface area contributed by atoms with Gasteiger partial charge in [0.2, 0.25) is 5.91 Å². The third-order valence-corrected chi connectivity index (χ3v) is 2.96. The van der Waals surface area contributed by atoms with E-state index >= 15 is 0 Å². The van der Waals surface area contributed by atoms with E-state index < -0.39 is 0 Å². The number of nitriles is 2. The highest BCUT2D eigenvalue weighted by Gasteiger charge is 2.08. The first-order valence-corrected chi connectivity index (χ1v) is 7.10. The molecule has 0 bridgehead atoms. The highest BCUT2D eigenvalue weighted by Crippen LogP contribution is 2.20. The van der Waals surface area contributed by atoms with Crippen LogP contribution < -0.4 is 10.2 Å². The highest BCUT2D eigenvalue weighted by molar-refractivity contribution is 5.91. The van der Waals surface area contributed by atoms with Crippen molar-refractivity contribution in [3.63, 3.8) is 0 Å². The zero-order valence-corrected chi connectivity index (χ0v) is 12.3. The summed E-state index contributed by atoms with van der Waals surface area (Å²) in [6, 6.07) is 11.7. The van der Waals surface area contributed by atoms with Gasteiger partial charge in [-0.15, -0.1) is 0 Å². The number of carbonyl (C=O) groups is 1. The van der Waals surface area contributed by atoms with Gasteiger partial charge in [0.1, 0.15) is 0 Å². The van der Waals surface area contributed by atoms with Crippen molar-refractivity contribution in [1.82, 2.24) is 0 Å². The monoisotopic (exact) mass is 284 g/mol. The molecule has 0 aromatic heterocycles. The first kappa shape index (κ1) is 16.5. The summed E-state index contributed by atoms with van der Waals surface area (Å²) in [6.07, 6.45) is 2.11. The van der Waals surface area contributed by atoms with Gasteiger partial charge < -0.3 is 10.2 Å². The molecule has 1 rings (SSSR count). The van der Waals surface area contributed by atoms with Crippen LogP contribution in [-0.4, -0.2) is 19.0 Å². The third kappa shape index (κ3) is 5.97. The molecule has 0 atom stereocenters. The van der Waals surface area contributed by atoms with Gasteiger partial charge in [0.05, 0.1) is 25.0 Å². The van der Waals surface area contributed by atoms with Crippen LogP contribution in [0.5, 0.6) is 0 Å². The van der Waals surface area contributed by atoms with Crippen LogP contribution in [0.4, 0.5) is 11.4 Å². The number of carbonyl (C=O) groups excluding carboxylic acids is 1. The van der Waals surface area contributed by atoms with Gasteiger partial charge >= 0.3 is 0 Å². The molecule has 0 fully saturated rings. The number of nitrogens with one attached hydrogen (secondary N) is 1. The van der Waals surface area contributed by atoms with Gasteiger partial charge in [-0.25, -0.2) is 0 Å². The summed E-state index contributed by atoms with van der Waals surface area (Å²) in [5, 5.41) is 20.3. The molecule has 5 nitrogen and oxygen atoms in total. The normalized spacial score (nSPS) is 9.48. The molecule has 110 valence electrons. The molecular formula is C16H20N4O. The first-order valence-electron chi connectivity index (χ1n) is 7.10. The summed E-state index contributed by atoms with van der Waals surface area (Å²) in [4.78, 5) is 13.6. The average molecular weight is 284 g/mol. The Bertz CT molecular complexity index is 524. The molecule has 0 unspecified atom stereocenters. The Balaban J connectivity index is 2.81. The van der Waals surface area contributed by atoms with Gasteiger partial charge in [-0.3, -0.25) is 4.79 Å². The second kappa shape index (κ2) is 9.39. The van der Waals surface area contributed by atoms with E-state index in [2.05, 4.69) is 17.5 Å². The minimum absolute atomic E-state index is 0.00440. The molecule has 0 heterocycles. The van der Waals surface area contributed by atoms with Crippen LogP contribution >= 0.6 is 0 Å². The van der Waals surface area contributed by atoms with Crippen LogP contribution in [-0.2, 0) is 4.79 Å². The van der Waals surface area contributed by atoms with Crippen LogP contribution in [0.1, 0.15) is 32.6 Å². The Morgan fingerprint density at radius 1 is 1.24 bits per heavy atom. The molecule has 0 saturated carbocycles. The quantitative estimate of drug-likeness (QED) is 0.795. The lowest BCUT2D eigenvalue weighted by Gasteiger charge is -2.23. The first-order chi connectivity index (χ1) is 10.2. The predicted molar refractivity (Wildman–Crippen MR) is 82.7 cm³/mol. The molecule has 1 aromatic rings. The van der Waals surface area contributed by atoms with Crippen molar-refractivity contribution in [1.29, 1.82) is 10.5 Å². The topological polar surface area (TPSA) is 79.9 Å². The maximum Gasteiger partial charge on any atom is 0.224 e. The van der Waals surface area contributed by atoms with E-state index in [0.29, 0.717) is 32.4 Å². The van der Waals surface area contributed by atoms with E-state index in [9.17, 15) is 4.79 Å². The van der Waals surface area contributed by atoms with Crippen molar-refractivity contribution in [3.8, 4) is 12.1 Å². The summed E-state index contributed by atoms with van der Waals surface area (Å²) in [5.74, 6) is -0.00440. The summed E-state index contributed by atoms with van der Waals surface area (Å²) < 4.78 is 0. The summed E-state index contributed by atoms with van der Waals surface area (Å²) >= 11 is 0. The molecule has 1 aromatic carbocycles. The Labute approximate surface area is 125 Å². The fourth-order valence-electron chi connectivity index (χ4n) is 1.97. The number of anilines is 2.